The van der Waals surface area contributed by atoms with Gasteiger partial charge in [-0.2, -0.15) is 5.10 Å². The molecule has 1 N–H and O–H groups in total. The van der Waals surface area contributed by atoms with Gasteiger partial charge in [0.1, 0.15) is 5.82 Å². The van der Waals surface area contributed by atoms with Gasteiger partial charge in [0.25, 0.3) is 0 Å². The first-order chi connectivity index (χ1) is 10.0. The molecule has 1 heterocycles. The van der Waals surface area contributed by atoms with Crippen molar-refractivity contribution in [1.29, 1.82) is 0 Å². The van der Waals surface area contributed by atoms with Crippen molar-refractivity contribution in [2.45, 2.75) is 40.3 Å². The molecule has 0 aliphatic carbocycles. The first-order valence-electron chi connectivity index (χ1n) is 7.20. The van der Waals surface area contributed by atoms with E-state index in [1.807, 2.05) is 30.7 Å². The fourth-order valence-corrected chi connectivity index (χ4v) is 2.54. The van der Waals surface area contributed by atoms with Crippen LogP contribution in [0, 0.1) is 19.7 Å². The maximum absolute atomic E-state index is 14.0. The van der Waals surface area contributed by atoms with Crippen LogP contribution in [-0.2, 0) is 13.1 Å². The van der Waals surface area contributed by atoms with Gasteiger partial charge < -0.3 is 5.32 Å². The fourth-order valence-electron chi connectivity index (χ4n) is 2.26. The minimum atomic E-state index is -0.182. The van der Waals surface area contributed by atoms with Gasteiger partial charge in [-0.3, -0.25) is 4.68 Å². The van der Waals surface area contributed by atoms with Crippen LogP contribution in [0.2, 0.25) is 0 Å². The van der Waals surface area contributed by atoms with E-state index in [0.717, 1.165) is 40.9 Å². The summed E-state index contributed by atoms with van der Waals surface area (Å²) in [4.78, 5) is 0. The van der Waals surface area contributed by atoms with Crippen LogP contribution in [0.3, 0.4) is 0 Å². The number of rotatable bonds is 6. The maximum atomic E-state index is 14.0. The predicted molar refractivity (Wildman–Crippen MR) is 86.9 cm³/mol. The van der Waals surface area contributed by atoms with Gasteiger partial charge >= 0.3 is 0 Å². The third-order valence-corrected chi connectivity index (χ3v) is 4.63. The molecule has 1 aromatic heterocycles. The van der Waals surface area contributed by atoms with Crippen LogP contribution < -0.4 is 5.32 Å². The summed E-state index contributed by atoms with van der Waals surface area (Å²) < 4.78 is 16.8. The highest BCUT2D eigenvalue weighted by atomic mass is 79.9. The molecule has 0 radical (unpaired) electrons. The summed E-state index contributed by atoms with van der Waals surface area (Å²) in [6.45, 7) is 8.23. The van der Waals surface area contributed by atoms with Crippen LogP contribution >= 0.6 is 15.9 Å². The summed E-state index contributed by atoms with van der Waals surface area (Å²) in [7, 11) is 0. The van der Waals surface area contributed by atoms with Crippen molar-refractivity contribution >= 4 is 15.9 Å². The average Bonchev–Trinajstić information content (AvgIpc) is 2.70. The number of aryl methyl sites for hydroxylation is 1. The first-order valence-corrected chi connectivity index (χ1v) is 7.99. The van der Waals surface area contributed by atoms with E-state index in [-0.39, 0.29) is 5.82 Å². The molecule has 21 heavy (non-hydrogen) atoms. The standard InChI is InChI=1S/C16H21BrFN3/c1-4-7-19-9-13-5-6-15(18)14(8-13)10-21-12(3)16(17)11(2)20-21/h5-6,8,19H,4,7,9-10H2,1-3H3. The number of halogens is 2. The smallest absolute Gasteiger partial charge is 0.128 e. The van der Waals surface area contributed by atoms with E-state index >= 15 is 0 Å². The molecule has 0 saturated heterocycles. The zero-order valence-corrected chi connectivity index (χ0v) is 14.3. The van der Waals surface area contributed by atoms with E-state index in [0.29, 0.717) is 12.1 Å². The molecule has 5 heteroatoms. The van der Waals surface area contributed by atoms with Gasteiger partial charge in [-0.25, -0.2) is 4.39 Å². The molecule has 2 aromatic rings. The van der Waals surface area contributed by atoms with Crippen molar-refractivity contribution < 1.29 is 4.39 Å². The van der Waals surface area contributed by atoms with Crippen LogP contribution in [0.5, 0.6) is 0 Å². The molecular formula is C16H21BrFN3. The Morgan fingerprint density at radius 1 is 1.33 bits per heavy atom. The van der Waals surface area contributed by atoms with Crippen molar-refractivity contribution in [3.63, 3.8) is 0 Å². The highest BCUT2D eigenvalue weighted by Crippen LogP contribution is 2.21. The van der Waals surface area contributed by atoms with Crippen LogP contribution in [-0.4, -0.2) is 16.3 Å². The van der Waals surface area contributed by atoms with Gasteiger partial charge in [-0.05, 0) is 60.4 Å². The van der Waals surface area contributed by atoms with Crippen molar-refractivity contribution in [3.05, 3.63) is 51.0 Å². The van der Waals surface area contributed by atoms with Crippen LogP contribution in [0.1, 0.15) is 35.9 Å². The predicted octanol–water partition coefficient (Wildman–Crippen LogP) is 3.95. The highest BCUT2D eigenvalue weighted by Gasteiger charge is 2.11. The largest absolute Gasteiger partial charge is 0.313 e. The summed E-state index contributed by atoms with van der Waals surface area (Å²) >= 11 is 3.50. The molecule has 0 saturated carbocycles. The van der Waals surface area contributed by atoms with E-state index < -0.39 is 0 Å². The summed E-state index contributed by atoms with van der Waals surface area (Å²) in [5.41, 5.74) is 3.71. The topological polar surface area (TPSA) is 29.9 Å². The zero-order chi connectivity index (χ0) is 15.4. The highest BCUT2D eigenvalue weighted by molar-refractivity contribution is 9.10. The molecule has 3 nitrogen and oxygen atoms in total. The molecule has 0 amide bonds. The Balaban J connectivity index is 2.18. The third-order valence-electron chi connectivity index (χ3n) is 3.48. The fraction of sp³-hybridized carbons (Fsp3) is 0.438. The van der Waals surface area contributed by atoms with Crippen molar-refractivity contribution in [3.8, 4) is 0 Å². The maximum Gasteiger partial charge on any atom is 0.128 e. The SMILES string of the molecule is CCCNCc1ccc(F)c(Cn2nc(C)c(Br)c2C)c1. The lowest BCUT2D eigenvalue weighted by Crippen LogP contribution is -2.14. The summed E-state index contributed by atoms with van der Waals surface area (Å²) in [6.07, 6.45) is 1.09. The van der Waals surface area contributed by atoms with E-state index in [1.54, 1.807) is 6.07 Å². The summed E-state index contributed by atoms with van der Waals surface area (Å²) in [6, 6.07) is 5.29. The molecule has 114 valence electrons. The first kappa shape index (κ1) is 16.2. The van der Waals surface area contributed by atoms with E-state index in [4.69, 9.17) is 0 Å². The third kappa shape index (κ3) is 3.92. The van der Waals surface area contributed by atoms with Crippen molar-refractivity contribution in [2.75, 3.05) is 6.54 Å². The quantitative estimate of drug-likeness (QED) is 0.796. The molecule has 0 unspecified atom stereocenters. The number of nitrogens with zero attached hydrogens (tertiary/aromatic N) is 2. The number of nitrogens with one attached hydrogen (secondary N) is 1. The Morgan fingerprint density at radius 3 is 2.71 bits per heavy atom. The second-order valence-corrected chi connectivity index (χ2v) is 6.04. The lowest BCUT2D eigenvalue weighted by atomic mass is 10.1. The Labute approximate surface area is 133 Å². The van der Waals surface area contributed by atoms with Gasteiger partial charge in [0.2, 0.25) is 0 Å². The van der Waals surface area contributed by atoms with Gasteiger partial charge in [-0.1, -0.05) is 13.0 Å². The molecule has 0 atom stereocenters. The summed E-state index contributed by atoms with van der Waals surface area (Å²) in [5.74, 6) is -0.182. The van der Waals surface area contributed by atoms with Gasteiger partial charge in [0.15, 0.2) is 0 Å². The lowest BCUT2D eigenvalue weighted by molar-refractivity contribution is 0.576. The molecule has 0 aliphatic heterocycles. The van der Waals surface area contributed by atoms with Gasteiger partial charge in [-0.15, -0.1) is 0 Å². The molecule has 2 rings (SSSR count). The van der Waals surface area contributed by atoms with Crippen LogP contribution in [0.4, 0.5) is 4.39 Å². The van der Waals surface area contributed by atoms with Crippen LogP contribution in [0.15, 0.2) is 22.7 Å². The lowest BCUT2D eigenvalue weighted by Gasteiger charge is -2.09. The van der Waals surface area contributed by atoms with E-state index in [9.17, 15) is 4.39 Å². The minimum absolute atomic E-state index is 0.182. The molecule has 0 aliphatic rings. The normalized spacial score (nSPS) is 11.1. The molecule has 0 spiro atoms. The van der Waals surface area contributed by atoms with Crippen LogP contribution in [0.25, 0.3) is 0 Å². The number of hydrogen-bond donors (Lipinski definition) is 1. The number of benzene rings is 1. The second kappa shape index (κ2) is 7.18. The minimum Gasteiger partial charge on any atom is -0.313 e. The van der Waals surface area contributed by atoms with E-state index in [2.05, 4.69) is 33.3 Å². The second-order valence-electron chi connectivity index (χ2n) is 5.24. The molecule has 0 fully saturated rings. The van der Waals surface area contributed by atoms with Gasteiger partial charge in [0, 0.05) is 12.1 Å². The number of hydrogen-bond acceptors (Lipinski definition) is 2. The van der Waals surface area contributed by atoms with E-state index in [1.165, 1.54) is 0 Å². The van der Waals surface area contributed by atoms with Gasteiger partial charge in [0.05, 0.1) is 22.4 Å². The molecule has 0 bridgehead atoms. The average molecular weight is 354 g/mol. The Bertz CT molecular complexity index is 622. The zero-order valence-electron chi connectivity index (χ0n) is 12.7. The number of aromatic nitrogens is 2. The Hall–Kier alpha value is -1.20. The molecular weight excluding hydrogens is 333 g/mol. The van der Waals surface area contributed by atoms with Crippen molar-refractivity contribution in [1.82, 2.24) is 15.1 Å². The van der Waals surface area contributed by atoms with Crippen molar-refractivity contribution in [2.24, 2.45) is 0 Å². The summed E-state index contributed by atoms with van der Waals surface area (Å²) in [5, 5.41) is 7.77. The molecule has 1 aromatic carbocycles. The Morgan fingerprint density at radius 2 is 2.10 bits per heavy atom. The Kier molecular flexibility index (Phi) is 5.53. The monoisotopic (exact) mass is 353 g/mol.